The molecule has 1 heterocycles. The third-order valence-corrected chi connectivity index (χ3v) is 3.49. The number of carbonyl (C=O) groups is 2. The summed E-state index contributed by atoms with van der Waals surface area (Å²) < 4.78 is 5.77. The van der Waals surface area contributed by atoms with Gasteiger partial charge in [0.15, 0.2) is 0 Å². The number of carboxylic acids is 1. The van der Waals surface area contributed by atoms with E-state index in [1.807, 2.05) is 34.6 Å². The Labute approximate surface area is 141 Å². The molecule has 1 N–H and O–H groups in total. The fraction of sp³-hybridized carbons (Fsp3) is 0.444. The number of benzene rings is 1. The van der Waals surface area contributed by atoms with E-state index in [1.54, 1.807) is 18.2 Å². The number of amides is 1. The predicted octanol–water partition coefficient (Wildman–Crippen LogP) is 3.64. The van der Waals surface area contributed by atoms with Gasteiger partial charge in [0, 0.05) is 11.8 Å². The van der Waals surface area contributed by atoms with Crippen molar-refractivity contribution in [3.05, 3.63) is 35.6 Å². The van der Waals surface area contributed by atoms with Crippen LogP contribution in [-0.2, 0) is 16.1 Å². The van der Waals surface area contributed by atoms with Crippen molar-refractivity contribution in [2.24, 2.45) is 0 Å². The van der Waals surface area contributed by atoms with Gasteiger partial charge in [0.1, 0.15) is 11.3 Å². The van der Waals surface area contributed by atoms with Crippen molar-refractivity contribution in [1.82, 2.24) is 5.06 Å². The molecule has 0 saturated heterocycles. The Morgan fingerprint density at radius 1 is 1.25 bits per heavy atom. The Morgan fingerprint density at radius 3 is 2.46 bits per heavy atom. The van der Waals surface area contributed by atoms with Gasteiger partial charge in [-0.2, -0.15) is 0 Å². The summed E-state index contributed by atoms with van der Waals surface area (Å²) in [5, 5.41) is 11.1. The lowest BCUT2D eigenvalue weighted by Crippen LogP contribution is -2.48. The molecule has 130 valence electrons. The maximum absolute atomic E-state index is 11.4. The standard InChI is InChI=1S/C18H23NO5/c1-17(2,3)24-19(11-20)18(4,5)10-14-9-13-8-12(16(21)22)6-7-15(13)23-14/h6-9,11H,10H2,1-5H3,(H,21,22). The van der Waals surface area contributed by atoms with E-state index in [-0.39, 0.29) is 5.56 Å². The number of hydroxylamine groups is 2. The smallest absolute Gasteiger partial charge is 0.335 e. The van der Waals surface area contributed by atoms with Crippen LogP contribution in [0.5, 0.6) is 0 Å². The fourth-order valence-corrected chi connectivity index (χ4v) is 2.41. The molecule has 0 unspecified atom stereocenters. The van der Waals surface area contributed by atoms with E-state index >= 15 is 0 Å². The van der Waals surface area contributed by atoms with Crippen molar-refractivity contribution < 1.29 is 24.0 Å². The second-order valence-corrected chi connectivity index (χ2v) is 7.39. The van der Waals surface area contributed by atoms with Crippen LogP contribution >= 0.6 is 0 Å². The molecule has 24 heavy (non-hydrogen) atoms. The first-order valence-electron chi connectivity index (χ1n) is 7.71. The highest BCUT2D eigenvalue weighted by molar-refractivity contribution is 5.93. The average molecular weight is 333 g/mol. The highest BCUT2D eigenvalue weighted by Crippen LogP contribution is 2.27. The molecule has 2 rings (SSSR count). The van der Waals surface area contributed by atoms with E-state index in [0.717, 1.165) is 5.39 Å². The van der Waals surface area contributed by atoms with Gasteiger partial charge in [-0.3, -0.25) is 9.63 Å². The molecule has 6 heteroatoms. The molecule has 0 spiro atoms. The number of furan rings is 1. The quantitative estimate of drug-likeness (QED) is 0.645. The zero-order chi connectivity index (χ0) is 18.1. The number of rotatable bonds is 6. The number of carboxylic acid groups (broad SMARTS) is 1. The molecule has 0 aliphatic heterocycles. The van der Waals surface area contributed by atoms with E-state index in [9.17, 15) is 9.59 Å². The zero-order valence-corrected chi connectivity index (χ0v) is 14.6. The number of hydrogen-bond donors (Lipinski definition) is 1. The van der Waals surface area contributed by atoms with Crippen molar-refractivity contribution in [1.29, 1.82) is 0 Å². The summed E-state index contributed by atoms with van der Waals surface area (Å²) in [4.78, 5) is 28.2. The Morgan fingerprint density at radius 2 is 1.92 bits per heavy atom. The fourth-order valence-electron chi connectivity index (χ4n) is 2.41. The number of nitrogens with zero attached hydrogens (tertiary/aromatic N) is 1. The lowest BCUT2D eigenvalue weighted by atomic mass is 9.98. The highest BCUT2D eigenvalue weighted by atomic mass is 16.7. The summed E-state index contributed by atoms with van der Waals surface area (Å²) in [5.74, 6) is -0.326. The molecule has 0 saturated carbocycles. The van der Waals surface area contributed by atoms with Gasteiger partial charge in [0.2, 0.25) is 6.41 Å². The van der Waals surface area contributed by atoms with Crippen LogP contribution in [0, 0.1) is 0 Å². The van der Waals surface area contributed by atoms with Gasteiger partial charge in [-0.25, -0.2) is 9.86 Å². The maximum Gasteiger partial charge on any atom is 0.335 e. The van der Waals surface area contributed by atoms with Crippen molar-refractivity contribution in [2.45, 2.75) is 52.2 Å². The molecule has 0 radical (unpaired) electrons. The van der Waals surface area contributed by atoms with Crippen LogP contribution in [0.3, 0.4) is 0 Å². The van der Waals surface area contributed by atoms with Crippen LogP contribution in [0.15, 0.2) is 28.7 Å². The Kier molecular flexibility index (Phi) is 4.71. The Bertz CT molecular complexity index is 754. The van der Waals surface area contributed by atoms with E-state index in [2.05, 4.69) is 0 Å². The molecule has 0 fully saturated rings. The Hall–Kier alpha value is -2.34. The van der Waals surface area contributed by atoms with Crippen molar-refractivity contribution >= 4 is 23.3 Å². The van der Waals surface area contributed by atoms with Crippen LogP contribution in [-0.4, -0.2) is 33.7 Å². The largest absolute Gasteiger partial charge is 0.478 e. The molecule has 1 amide bonds. The SMILES string of the molecule is CC(C)(C)ON(C=O)C(C)(C)Cc1cc2cc(C(=O)O)ccc2o1. The van der Waals surface area contributed by atoms with Gasteiger partial charge in [0.25, 0.3) is 0 Å². The van der Waals surface area contributed by atoms with E-state index < -0.39 is 17.1 Å². The van der Waals surface area contributed by atoms with Crippen LogP contribution in [0.4, 0.5) is 0 Å². The minimum Gasteiger partial charge on any atom is -0.478 e. The molecule has 0 bridgehead atoms. The van der Waals surface area contributed by atoms with Gasteiger partial charge in [0.05, 0.1) is 16.7 Å². The Balaban J connectivity index is 2.26. The van der Waals surface area contributed by atoms with Crippen molar-refractivity contribution in [2.75, 3.05) is 0 Å². The second-order valence-electron chi connectivity index (χ2n) is 7.39. The molecule has 1 aromatic heterocycles. The molecule has 0 aliphatic carbocycles. The summed E-state index contributed by atoms with van der Waals surface area (Å²) in [6.07, 6.45) is 1.09. The average Bonchev–Trinajstić information content (AvgIpc) is 2.83. The number of carbonyl (C=O) groups excluding carboxylic acids is 1. The van der Waals surface area contributed by atoms with Crippen LogP contribution in [0.25, 0.3) is 11.0 Å². The van der Waals surface area contributed by atoms with Crippen LogP contribution < -0.4 is 0 Å². The molecule has 0 atom stereocenters. The molecule has 2 aromatic rings. The number of fused-ring (bicyclic) bond motifs is 1. The van der Waals surface area contributed by atoms with Gasteiger partial charge in [-0.1, -0.05) is 0 Å². The third kappa shape index (κ3) is 4.14. The molecule has 0 aliphatic rings. The summed E-state index contributed by atoms with van der Waals surface area (Å²) in [6, 6.07) is 6.51. The summed E-state index contributed by atoms with van der Waals surface area (Å²) >= 11 is 0. The van der Waals surface area contributed by atoms with Crippen molar-refractivity contribution in [3.8, 4) is 0 Å². The van der Waals surface area contributed by atoms with Gasteiger partial charge >= 0.3 is 5.97 Å². The predicted molar refractivity (Wildman–Crippen MR) is 89.7 cm³/mol. The molecule has 1 aromatic carbocycles. The van der Waals surface area contributed by atoms with E-state index in [0.29, 0.717) is 24.2 Å². The zero-order valence-electron chi connectivity index (χ0n) is 14.6. The highest BCUT2D eigenvalue weighted by Gasteiger charge is 2.32. The van der Waals surface area contributed by atoms with Gasteiger partial charge in [-0.15, -0.1) is 0 Å². The number of aromatic carboxylic acids is 1. The van der Waals surface area contributed by atoms with Crippen molar-refractivity contribution in [3.63, 3.8) is 0 Å². The summed E-state index contributed by atoms with van der Waals surface area (Å²) in [7, 11) is 0. The number of hydrogen-bond acceptors (Lipinski definition) is 4. The maximum atomic E-state index is 11.4. The lowest BCUT2D eigenvalue weighted by Gasteiger charge is -2.38. The molecular weight excluding hydrogens is 310 g/mol. The van der Waals surface area contributed by atoms with Gasteiger partial charge < -0.3 is 9.52 Å². The van der Waals surface area contributed by atoms with Crippen LogP contribution in [0.2, 0.25) is 0 Å². The second kappa shape index (κ2) is 6.28. The topological polar surface area (TPSA) is 80.0 Å². The molecular formula is C18H23NO5. The molecule has 6 nitrogen and oxygen atoms in total. The minimum absolute atomic E-state index is 0.208. The minimum atomic E-state index is -0.981. The van der Waals surface area contributed by atoms with Crippen LogP contribution in [0.1, 0.15) is 50.7 Å². The lowest BCUT2D eigenvalue weighted by molar-refractivity contribution is -0.250. The first-order chi connectivity index (χ1) is 11.0. The summed E-state index contributed by atoms with van der Waals surface area (Å²) in [6.45, 7) is 9.36. The first-order valence-corrected chi connectivity index (χ1v) is 7.71. The normalized spacial score (nSPS) is 12.4. The van der Waals surface area contributed by atoms with E-state index in [1.165, 1.54) is 11.1 Å². The monoisotopic (exact) mass is 333 g/mol. The van der Waals surface area contributed by atoms with E-state index in [4.69, 9.17) is 14.4 Å². The van der Waals surface area contributed by atoms with Gasteiger partial charge in [-0.05, 0) is 58.9 Å². The first kappa shape index (κ1) is 18.0. The summed E-state index contributed by atoms with van der Waals surface area (Å²) in [5.41, 5.74) is -0.305. The third-order valence-electron chi connectivity index (χ3n) is 3.49.